The van der Waals surface area contributed by atoms with E-state index in [0.717, 1.165) is 74.0 Å². The van der Waals surface area contributed by atoms with E-state index in [2.05, 4.69) is 0 Å². The molecule has 4 aromatic rings. The van der Waals surface area contributed by atoms with Gasteiger partial charge >= 0.3 is 17.5 Å². The van der Waals surface area contributed by atoms with Gasteiger partial charge in [0.1, 0.15) is 29.0 Å². The average Bonchev–Trinajstić information content (AvgIpc) is 4.06. The van der Waals surface area contributed by atoms with Gasteiger partial charge in [0.05, 0.1) is 9.75 Å². The lowest BCUT2D eigenvalue weighted by molar-refractivity contribution is -0.183. The van der Waals surface area contributed by atoms with Crippen LogP contribution in [0.1, 0.15) is 93.7 Å². The van der Waals surface area contributed by atoms with Gasteiger partial charge in [-0.05, 0) is 66.5 Å². The maximum Gasteiger partial charge on any atom is 0.367 e. The number of esters is 2. The molecular formula is C51H48N2O9S2. The number of hydrogen-bond donors (Lipinski definition) is 0. The van der Waals surface area contributed by atoms with Gasteiger partial charge in [0, 0.05) is 35.3 Å². The Morgan fingerprint density at radius 3 is 1.38 bits per heavy atom. The van der Waals surface area contributed by atoms with Crippen molar-refractivity contribution in [2.24, 2.45) is 57.3 Å². The van der Waals surface area contributed by atoms with Crippen molar-refractivity contribution in [1.82, 2.24) is 0 Å². The number of carbonyl (C=O) groups excluding carboxylic acids is 6. The Kier molecular flexibility index (Phi) is 10.7. The Morgan fingerprint density at radius 2 is 0.953 bits per heavy atom. The second kappa shape index (κ2) is 16.5. The summed E-state index contributed by atoms with van der Waals surface area (Å²) in [5.74, 6) is -2.71. The Labute approximate surface area is 378 Å². The number of ketones is 4. The van der Waals surface area contributed by atoms with Crippen molar-refractivity contribution in [3.63, 3.8) is 0 Å². The highest BCUT2D eigenvalue weighted by Crippen LogP contribution is 2.58. The number of hydrogen-bond acceptors (Lipinski definition) is 13. The molecule has 64 heavy (non-hydrogen) atoms. The molecule has 7 aliphatic rings. The minimum Gasteiger partial charge on any atom is -0.458 e. The molecule has 2 aromatic carbocycles. The van der Waals surface area contributed by atoms with E-state index < -0.39 is 29.4 Å². The minimum atomic E-state index is -2.51. The van der Waals surface area contributed by atoms with Crippen LogP contribution in [-0.4, -0.2) is 46.5 Å². The van der Waals surface area contributed by atoms with Gasteiger partial charge in [-0.2, -0.15) is 0 Å². The van der Waals surface area contributed by atoms with Gasteiger partial charge in [0.25, 0.3) is 0 Å². The number of nitrogens with zero attached hydrogens (tertiary/aromatic N) is 2. The van der Waals surface area contributed by atoms with E-state index in [1.807, 2.05) is 36.4 Å². The van der Waals surface area contributed by atoms with E-state index >= 15 is 0 Å². The lowest BCUT2D eigenvalue weighted by Crippen LogP contribution is -2.51. The fourth-order valence-electron chi connectivity index (χ4n) is 12.1. The quantitative estimate of drug-likeness (QED) is 0.124. The molecule has 6 fully saturated rings. The first-order valence-electron chi connectivity index (χ1n) is 22.9. The highest BCUT2D eigenvalue weighted by Gasteiger charge is 2.60. The summed E-state index contributed by atoms with van der Waals surface area (Å²) in [6, 6.07) is 21.1. The zero-order valence-corrected chi connectivity index (χ0v) is 37.0. The fourth-order valence-corrected chi connectivity index (χ4v) is 14.3. The van der Waals surface area contributed by atoms with Crippen molar-refractivity contribution in [1.29, 1.82) is 0 Å². The predicted octanol–water partition coefficient (Wildman–Crippen LogP) is 9.66. The molecule has 8 unspecified atom stereocenters. The standard InChI is InChI=1S/C51H48N2O9S2/c54-43-33-19-29-15-7-8-16-30(29)20-34(33)44(55)41(43)52-39-23-37-47(63-39)48-38(24-40(64-48)53-42-45(56)35-21-31-17-9-10-18-32(31)22-36(35)46(42)57)62-51(37,49(58)60-25-27-11-3-1-4-12-27)50(59)61-26-28-13-5-2-6-14-28/h1-6,11-14,23-24,29-36H,7-10,15-22,25-26H2. The normalized spacial score (nSPS) is 28.8. The van der Waals surface area contributed by atoms with Crippen LogP contribution in [0.2, 0.25) is 0 Å². The van der Waals surface area contributed by atoms with Crippen LogP contribution in [0.4, 0.5) is 10.0 Å². The van der Waals surface area contributed by atoms with Gasteiger partial charge in [-0.15, -0.1) is 22.7 Å². The summed E-state index contributed by atoms with van der Waals surface area (Å²) in [5, 5.41) is 0.529. The van der Waals surface area contributed by atoms with Gasteiger partial charge in [-0.1, -0.05) is 112 Å². The summed E-state index contributed by atoms with van der Waals surface area (Å²) in [5.41, 5.74) is -1.24. The second-order valence-electron chi connectivity index (χ2n) is 18.9. The number of thiophene rings is 2. The van der Waals surface area contributed by atoms with E-state index in [0.29, 0.717) is 75.2 Å². The molecule has 13 heteroatoms. The summed E-state index contributed by atoms with van der Waals surface area (Å²) >= 11 is 2.27. The van der Waals surface area contributed by atoms with Gasteiger partial charge in [-0.3, -0.25) is 19.2 Å². The number of rotatable bonds is 8. The molecule has 328 valence electrons. The molecule has 0 radical (unpaired) electrons. The van der Waals surface area contributed by atoms with Crippen molar-refractivity contribution in [3.05, 3.63) is 89.5 Å². The first-order chi connectivity index (χ1) is 31.2. The molecule has 11 rings (SSSR count). The van der Waals surface area contributed by atoms with Crippen molar-refractivity contribution in [2.45, 2.75) is 95.9 Å². The van der Waals surface area contributed by atoms with Crippen LogP contribution in [-0.2, 0) is 57.1 Å². The first kappa shape index (κ1) is 41.3. The number of carbonyl (C=O) groups is 6. The van der Waals surface area contributed by atoms with Crippen molar-refractivity contribution < 1.29 is 43.0 Å². The van der Waals surface area contributed by atoms with Crippen molar-refractivity contribution in [3.8, 4) is 15.5 Å². The highest BCUT2D eigenvalue weighted by molar-refractivity contribution is 7.26. The molecule has 11 nitrogen and oxygen atoms in total. The van der Waals surface area contributed by atoms with E-state index in [1.165, 1.54) is 6.07 Å². The van der Waals surface area contributed by atoms with Crippen LogP contribution in [0, 0.1) is 47.3 Å². The predicted molar refractivity (Wildman–Crippen MR) is 240 cm³/mol. The molecular weight excluding hydrogens is 849 g/mol. The zero-order chi connectivity index (χ0) is 43.7. The summed E-state index contributed by atoms with van der Waals surface area (Å²) < 4.78 is 18.5. The van der Waals surface area contributed by atoms with Crippen LogP contribution in [0.25, 0.3) is 9.75 Å². The fraction of sp³-hybridized carbons (Fsp3) is 0.451. The molecule has 8 atom stereocenters. The van der Waals surface area contributed by atoms with Crippen LogP contribution in [0.5, 0.6) is 5.75 Å². The molecule has 0 amide bonds. The van der Waals surface area contributed by atoms with Gasteiger partial charge < -0.3 is 14.2 Å². The monoisotopic (exact) mass is 896 g/mol. The Hall–Kier alpha value is -5.40. The first-order valence-corrected chi connectivity index (χ1v) is 24.5. The number of ether oxygens (including phenoxy) is 3. The zero-order valence-electron chi connectivity index (χ0n) is 35.3. The van der Waals surface area contributed by atoms with E-state index in [1.54, 1.807) is 30.3 Å². The Balaban J connectivity index is 0.996. The van der Waals surface area contributed by atoms with E-state index in [4.69, 9.17) is 24.2 Å². The molecule has 6 saturated carbocycles. The third-order valence-electron chi connectivity index (χ3n) is 15.3. The smallest absolute Gasteiger partial charge is 0.367 e. The molecule has 6 aliphatic carbocycles. The molecule has 0 spiro atoms. The van der Waals surface area contributed by atoms with Crippen LogP contribution in [0.3, 0.4) is 0 Å². The maximum absolute atomic E-state index is 14.8. The topological polar surface area (TPSA) is 155 Å². The van der Waals surface area contributed by atoms with E-state index in [9.17, 15) is 28.8 Å². The highest BCUT2D eigenvalue weighted by atomic mass is 32.1. The number of benzene rings is 2. The third kappa shape index (κ3) is 7.04. The van der Waals surface area contributed by atoms with Crippen LogP contribution < -0.4 is 4.74 Å². The second-order valence-corrected chi connectivity index (χ2v) is 20.9. The Morgan fingerprint density at radius 1 is 0.562 bits per heavy atom. The number of fused-ring (bicyclic) bond motifs is 7. The number of aliphatic imine (C=N–C) groups is 2. The summed E-state index contributed by atoms with van der Waals surface area (Å²) in [6.07, 6.45) is 11.7. The SMILES string of the molecule is O=C1C(=Nc2cc3c(s2)-c2sc(N=C4C(=O)C5CC6CCCCC6CC5C4=O)cc2C(C(=O)OCc2ccccc2)(C(=O)OCc2ccccc2)O3)C(=O)C2CC3CCCCC3CC12. The van der Waals surface area contributed by atoms with E-state index in [-0.39, 0.29) is 75.9 Å². The lowest BCUT2D eigenvalue weighted by Gasteiger charge is -2.39. The van der Waals surface area contributed by atoms with Crippen LogP contribution in [0.15, 0.2) is 82.8 Å². The van der Waals surface area contributed by atoms with Gasteiger partial charge in [0.2, 0.25) is 0 Å². The molecule has 3 heterocycles. The summed E-state index contributed by atoms with van der Waals surface area (Å²) in [7, 11) is 0. The Bertz CT molecular complexity index is 2520. The van der Waals surface area contributed by atoms with Gasteiger partial charge in [0.15, 0.2) is 34.6 Å². The summed E-state index contributed by atoms with van der Waals surface area (Å²) in [4.78, 5) is 96.0. The molecule has 0 saturated heterocycles. The molecule has 0 N–H and O–H groups in total. The van der Waals surface area contributed by atoms with Crippen LogP contribution >= 0.6 is 22.7 Å². The third-order valence-corrected chi connectivity index (χ3v) is 17.5. The molecule has 2 aromatic heterocycles. The average molecular weight is 897 g/mol. The summed E-state index contributed by atoms with van der Waals surface area (Å²) in [6.45, 7) is -0.356. The maximum atomic E-state index is 14.8. The molecule has 1 aliphatic heterocycles. The molecule has 0 bridgehead atoms. The number of Topliss-reactive ketones (excluding diaryl/α,β-unsaturated/α-hetero) is 4. The minimum absolute atomic E-state index is 0.0684. The van der Waals surface area contributed by atoms with Crippen molar-refractivity contribution in [2.75, 3.05) is 0 Å². The van der Waals surface area contributed by atoms with Gasteiger partial charge in [-0.25, -0.2) is 19.6 Å². The lowest BCUT2D eigenvalue weighted by atomic mass is 9.64. The largest absolute Gasteiger partial charge is 0.458 e. The van der Waals surface area contributed by atoms with Crippen molar-refractivity contribution >= 4 is 79.2 Å².